The summed E-state index contributed by atoms with van der Waals surface area (Å²) in [5.74, 6) is -0.0609. The van der Waals surface area contributed by atoms with Crippen molar-refractivity contribution in [3.63, 3.8) is 0 Å². The summed E-state index contributed by atoms with van der Waals surface area (Å²) in [6.45, 7) is 0.539. The zero-order chi connectivity index (χ0) is 25.4. The lowest BCUT2D eigenvalue weighted by molar-refractivity contribution is -0.137. The monoisotopic (exact) mass is 508 g/mol. The third-order valence-corrected chi connectivity index (χ3v) is 6.81. The van der Waals surface area contributed by atoms with Crippen LogP contribution in [-0.4, -0.2) is 62.6 Å². The summed E-state index contributed by atoms with van der Waals surface area (Å²) in [5.41, 5.74) is -2.45. The minimum Gasteiger partial charge on any atom is -0.351 e. The van der Waals surface area contributed by atoms with Gasteiger partial charge in [0.25, 0.3) is 5.56 Å². The standard InChI is InChI=1S/C20H19F3N8O3S/c1-35(33,34)31-6-3-12(4-7-31)28-19-26-9-14(20(21,22)23)17(29-19)15-10-30(11-27-15)16-2-5-25-18(32)13(16)8-24/h2,5,9-12H,3-4,6-7H2,1H3,(H,25,32)(H,26,28,29). The molecule has 4 heterocycles. The molecule has 3 aromatic rings. The highest BCUT2D eigenvalue weighted by Crippen LogP contribution is 2.36. The number of aromatic amines is 1. The van der Waals surface area contributed by atoms with Crippen molar-refractivity contribution in [2.24, 2.45) is 0 Å². The van der Waals surface area contributed by atoms with Crippen LogP contribution in [0.3, 0.4) is 0 Å². The van der Waals surface area contributed by atoms with E-state index >= 15 is 0 Å². The molecule has 2 N–H and O–H groups in total. The average molecular weight is 508 g/mol. The second-order valence-corrected chi connectivity index (χ2v) is 9.86. The molecule has 4 rings (SSSR count). The number of pyridine rings is 1. The van der Waals surface area contributed by atoms with Gasteiger partial charge >= 0.3 is 6.18 Å². The zero-order valence-corrected chi connectivity index (χ0v) is 19.1. The van der Waals surface area contributed by atoms with E-state index in [9.17, 15) is 31.6 Å². The van der Waals surface area contributed by atoms with Gasteiger partial charge in [-0.3, -0.25) is 4.79 Å². The van der Waals surface area contributed by atoms with Crippen LogP contribution in [0.25, 0.3) is 17.1 Å². The highest BCUT2D eigenvalue weighted by Gasteiger charge is 2.36. The van der Waals surface area contributed by atoms with Gasteiger partial charge in [0.15, 0.2) is 0 Å². The number of rotatable bonds is 5. The molecule has 0 spiro atoms. The summed E-state index contributed by atoms with van der Waals surface area (Å²) in [4.78, 5) is 26.1. The van der Waals surface area contributed by atoms with E-state index in [0.29, 0.717) is 19.0 Å². The van der Waals surface area contributed by atoms with E-state index in [2.05, 4.69) is 25.3 Å². The Bertz CT molecular complexity index is 1450. The molecular formula is C20H19F3N8O3S. The average Bonchev–Trinajstić information content (AvgIpc) is 3.28. The minimum absolute atomic E-state index is 0.0609. The fourth-order valence-electron chi connectivity index (χ4n) is 3.74. The summed E-state index contributed by atoms with van der Waals surface area (Å²) in [7, 11) is -3.32. The van der Waals surface area contributed by atoms with Crippen molar-refractivity contribution in [2.45, 2.75) is 25.1 Å². The molecular weight excluding hydrogens is 489 g/mol. The van der Waals surface area contributed by atoms with E-state index in [0.717, 1.165) is 6.26 Å². The van der Waals surface area contributed by atoms with Gasteiger partial charge in [0, 0.05) is 37.7 Å². The van der Waals surface area contributed by atoms with Crippen molar-refractivity contribution < 1.29 is 21.6 Å². The number of imidazole rings is 1. The molecule has 0 atom stereocenters. The molecule has 35 heavy (non-hydrogen) atoms. The largest absolute Gasteiger partial charge is 0.420 e. The molecule has 15 heteroatoms. The number of nitriles is 1. The summed E-state index contributed by atoms with van der Waals surface area (Å²) >= 11 is 0. The molecule has 1 aliphatic rings. The zero-order valence-electron chi connectivity index (χ0n) is 18.2. The van der Waals surface area contributed by atoms with Crippen molar-refractivity contribution >= 4 is 16.0 Å². The molecule has 3 aromatic heterocycles. The summed E-state index contributed by atoms with van der Waals surface area (Å²) in [6.07, 6.45) is 1.60. The van der Waals surface area contributed by atoms with Crippen molar-refractivity contribution in [1.29, 1.82) is 5.26 Å². The number of aromatic nitrogens is 5. The maximum atomic E-state index is 13.7. The van der Waals surface area contributed by atoms with E-state index in [1.165, 1.54) is 33.7 Å². The number of piperidine rings is 1. The number of halogens is 3. The Kier molecular flexibility index (Phi) is 6.34. The number of nitrogens with one attached hydrogen (secondary N) is 2. The van der Waals surface area contributed by atoms with Gasteiger partial charge in [0.2, 0.25) is 16.0 Å². The quantitative estimate of drug-likeness (QED) is 0.529. The smallest absolute Gasteiger partial charge is 0.351 e. The van der Waals surface area contributed by atoms with E-state index < -0.39 is 33.0 Å². The molecule has 0 amide bonds. The first kappa shape index (κ1) is 24.4. The van der Waals surface area contributed by atoms with Gasteiger partial charge in [-0.25, -0.2) is 27.7 Å². The molecule has 1 saturated heterocycles. The minimum atomic E-state index is -4.76. The fourth-order valence-corrected chi connectivity index (χ4v) is 4.61. The fraction of sp³-hybridized carbons (Fsp3) is 0.350. The number of nitrogens with zero attached hydrogens (tertiary/aromatic N) is 6. The Balaban J connectivity index is 1.65. The van der Waals surface area contributed by atoms with Gasteiger partial charge in [-0.05, 0) is 18.9 Å². The van der Waals surface area contributed by atoms with E-state index in [-0.39, 0.29) is 42.0 Å². The van der Waals surface area contributed by atoms with E-state index in [1.54, 1.807) is 6.07 Å². The molecule has 0 unspecified atom stereocenters. The van der Waals surface area contributed by atoms with Crippen LogP contribution in [0.15, 0.2) is 35.8 Å². The third kappa shape index (κ3) is 5.17. The van der Waals surface area contributed by atoms with Gasteiger partial charge in [0.1, 0.15) is 34.9 Å². The Hall–Kier alpha value is -3.77. The van der Waals surface area contributed by atoms with Crippen LogP contribution >= 0.6 is 0 Å². The van der Waals surface area contributed by atoms with Crippen molar-refractivity contribution in [3.05, 3.63) is 52.5 Å². The van der Waals surface area contributed by atoms with Gasteiger partial charge in [-0.15, -0.1) is 0 Å². The van der Waals surface area contributed by atoms with Crippen LogP contribution in [-0.2, 0) is 16.2 Å². The Labute approximate surface area is 197 Å². The molecule has 0 saturated carbocycles. The van der Waals surface area contributed by atoms with Crippen molar-refractivity contribution in [2.75, 3.05) is 24.7 Å². The van der Waals surface area contributed by atoms with Crippen LogP contribution in [0.2, 0.25) is 0 Å². The van der Waals surface area contributed by atoms with Crippen LogP contribution in [0.5, 0.6) is 0 Å². The molecule has 0 aliphatic carbocycles. The van der Waals surface area contributed by atoms with E-state index in [4.69, 9.17) is 0 Å². The first-order valence-corrected chi connectivity index (χ1v) is 12.1. The van der Waals surface area contributed by atoms with Gasteiger partial charge in [-0.2, -0.15) is 18.4 Å². The highest BCUT2D eigenvalue weighted by atomic mass is 32.2. The molecule has 184 valence electrons. The van der Waals surface area contributed by atoms with Crippen LogP contribution in [0.4, 0.5) is 19.1 Å². The SMILES string of the molecule is CS(=O)(=O)N1CCC(Nc2ncc(C(F)(F)F)c(-c3cn(-c4cc[nH]c(=O)c4C#N)cn3)n2)CC1. The summed E-state index contributed by atoms with van der Waals surface area (Å²) in [5, 5.41) is 12.2. The Morgan fingerprint density at radius 1 is 1.26 bits per heavy atom. The van der Waals surface area contributed by atoms with Crippen molar-refractivity contribution in [1.82, 2.24) is 28.8 Å². The molecule has 1 aliphatic heterocycles. The Morgan fingerprint density at radius 2 is 1.97 bits per heavy atom. The lowest BCUT2D eigenvalue weighted by Gasteiger charge is -2.30. The van der Waals surface area contributed by atoms with Gasteiger partial charge < -0.3 is 14.9 Å². The number of sulfonamides is 1. The first-order chi connectivity index (χ1) is 16.5. The number of hydrogen-bond donors (Lipinski definition) is 2. The second kappa shape index (κ2) is 9.12. The van der Waals surface area contributed by atoms with Gasteiger partial charge in [-0.1, -0.05) is 0 Å². The number of hydrogen-bond acceptors (Lipinski definition) is 8. The van der Waals surface area contributed by atoms with Crippen LogP contribution in [0, 0.1) is 11.3 Å². The number of alkyl halides is 3. The second-order valence-electron chi connectivity index (χ2n) is 7.88. The van der Waals surface area contributed by atoms with Crippen LogP contribution < -0.4 is 10.9 Å². The molecule has 0 radical (unpaired) electrons. The third-order valence-electron chi connectivity index (χ3n) is 5.50. The predicted octanol–water partition coefficient (Wildman–Crippen LogP) is 1.74. The highest BCUT2D eigenvalue weighted by molar-refractivity contribution is 7.88. The summed E-state index contributed by atoms with van der Waals surface area (Å²) < 4.78 is 67.0. The lowest BCUT2D eigenvalue weighted by atomic mass is 10.1. The molecule has 0 aromatic carbocycles. The van der Waals surface area contributed by atoms with Crippen LogP contribution in [0.1, 0.15) is 24.0 Å². The molecule has 0 bridgehead atoms. The Morgan fingerprint density at radius 3 is 2.60 bits per heavy atom. The topological polar surface area (TPSA) is 150 Å². The van der Waals surface area contributed by atoms with E-state index in [1.807, 2.05) is 0 Å². The first-order valence-electron chi connectivity index (χ1n) is 10.3. The van der Waals surface area contributed by atoms with Crippen molar-refractivity contribution in [3.8, 4) is 23.1 Å². The summed E-state index contributed by atoms with van der Waals surface area (Å²) in [6, 6.07) is 2.96. The predicted molar refractivity (Wildman–Crippen MR) is 118 cm³/mol. The molecule has 11 nitrogen and oxygen atoms in total. The number of H-pyrrole nitrogens is 1. The van der Waals surface area contributed by atoms with Gasteiger partial charge in [0.05, 0.1) is 11.9 Å². The molecule has 1 fully saturated rings. The maximum absolute atomic E-state index is 13.7. The number of anilines is 1. The maximum Gasteiger partial charge on any atom is 0.420 e. The normalized spacial score (nSPS) is 15.6. The lowest BCUT2D eigenvalue weighted by Crippen LogP contribution is -2.42.